The Kier molecular flexibility index (Phi) is 7.23. The SMILES string of the molecule is COCC(F)(F)c1cccc([C@@H](C)Nc2nnc(C)c3ncc(N4CCC[C@H](OC)C4)cc23)c1. The van der Waals surface area contributed by atoms with E-state index in [1.54, 1.807) is 13.2 Å². The molecule has 1 N–H and O–H groups in total. The van der Waals surface area contributed by atoms with E-state index in [2.05, 4.69) is 36.2 Å². The van der Waals surface area contributed by atoms with Crippen molar-refractivity contribution in [2.45, 2.75) is 44.8 Å². The molecule has 1 aromatic carbocycles. The number of alkyl halides is 2. The van der Waals surface area contributed by atoms with Crippen molar-refractivity contribution < 1.29 is 18.3 Å². The number of benzene rings is 1. The summed E-state index contributed by atoms with van der Waals surface area (Å²) in [5.74, 6) is -2.49. The van der Waals surface area contributed by atoms with E-state index in [1.165, 1.54) is 19.2 Å². The van der Waals surface area contributed by atoms with Crippen LogP contribution in [0.4, 0.5) is 20.3 Å². The summed E-state index contributed by atoms with van der Waals surface area (Å²) < 4.78 is 39.0. The molecule has 1 aliphatic rings. The van der Waals surface area contributed by atoms with E-state index >= 15 is 0 Å². The van der Waals surface area contributed by atoms with Crippen molar-refractivity contribution in [3.63, 3.8) is 0 Å². The molecule has 3 aromatic rings. The first-order chi connectivity index (χ1) is 16.3. The zero-order chi connectivity index (χ0) is 24.3. The van der Waals surface area contributed by atoms with Crippen LogP contribution in [0.25, 0.3) is 10.9 Å². The van der Waals surface area contributed by atoms with Gasteiger partial charge in [0.2, 0.25) is 0 Å². The Labute approximate surface area is 198 Å². The van der Waals surface area contributed by atoms with Crippen molar-refractivity contribution in [3.8, 4) is 0 Å². The molecule has 0 spiro atoms. The molecule has 2 aromatic heterocycles. The summed E-state index contributed by atoms with van der Waals surface area (Å²) in [5, 5.41) is 12.8. The smallest absolute Gasteiger partial charge is 0.296 e. The summed E-state index contributed by atoms with van der Waals surface area (Å²) in [7, 11) is 3.01. The molecule has 0 amide bonds. The average Bonchev–Trinajstić information content (AvgIpc) is 2.85. The summed E-state index contributed by atoms with van der Waals surface area (Å²) in [4.78, 5) is 6.95. The van der Waals surface area contributed by atoms with Crippen LogP contribution >= 0.6 is 0 Å². The largest absolute Gasteiger partial charge is 0.380 e. The van der Waals surface area contributed by atoms with Crippen LogP contribution in [-0.4, -0.2) is 55.2 Å². The predicted molar refractivity (Wildman–Crippen MR) is 129 cm³/mol. The maximum Gasteiger partial charge on any atom is 0.296 e. The number of halogens is 2. The molecule has 3 heterocycles. The summed E-state index contributed by atoms with van der Waals surface area (Å²) in [6.45, 7) is 4.86. The molecule has 4 rings (SSSR count). The molecule has 0 bridgehead atoms. The maximum absolute atomic E-state index is 14.4. The summed E-state index contributed by atoms with van der Waals surface area (Å²) in [6.07, 6.45) is 4.16. The fourth-order valence-electron chi connectivity index (χ4n) is 4.38. The van der Waals surface area contributed by atoms with Gasteiger partial charge in [0, 0.05) is 38.3 Å². The molecule has 0 radical (unpaired) electrons. The van der Waals surface area contributed by atoms with Gasteiger partial charge >= 0.3 is 0 Å². The van der Waals surface area contributed by atoms with Crippen molar-refractivity contribution in [2.24, 2.45) is 0 Å². The Morgan fingerprint density at radius 2 is 2.06 bits per heavy atom. The van der Waals surface area contributed by atoms with Crippen molar-refractivity contribution in [1.82, 2.24) is 15.2 Å². The van der Waals surface area contributed by atoms with Crippen molar-refractivity contribution in [3.05, 3.63) is 53.3 Å². The van der Waals surface area contributed by atoms with Gasteiger partial charge in [-0.3, -0.25) is 4.98 Å². The van der Waals surface area contributed by atoms with Crippen LogP contribution in [-0.2, 0) is 15.4 Å². The number of aryl methyl sites for hydroxylation is 1. The van der Waals surface area contributed by atoms with Crippen LogP contribution in [0.15, 0.2) is 36.5 Å². The number of aromatic nitrogens is 3. The highest BCUT2D eigenvalue weighted by atomic mass is 19.3. The van der Waals surface area contributed by atoms with Gasteiger partial charge in [-0.05, 0) is 44.4 Å². The molecule has 1 saturated heterocycles. The second kappa shape index (κ2) is 10.1. The number of piperidine rings is 1. The van der Waals surface area contributed by atoms with Gasteiger partial charge in [0.1, 0.15) is 6.61 Å². The lowest BCUT2D eigenvalue weighted by Gasteiger charge is -2.33. The number of hydrogen-bond acceptors (Lipinski definition) is 7. The molecule has 7 nitrogen and oxygen atoms in total. The minimum Gasteiger partial charge on any atom is -0.380 e. The minimum atomic E-state index is -3.06. The number of nitrogens with one attached hydrogen (secondary N) is 1. The number of ether oxygens (including phenoxy) is 2. The molecule has 1 fully saturated rings. The fraction of sp³-hybridized carbons (Fsp3) is 0.480. The average molecular weight is 472 g/mol. The van der Waals surface area contributed by atoms with Gasteiger partial charge < -0.3 is 19.7 Å². The number of hydrogen-bond donors (Lipinski definition) is 1. The number of fused-ring (bicyclic) bond motifs is 1. The molecule has 2 atom stereocenters. The third-order valence-electron chi connectivity index (χ3n) is 6.34. The van der Waals surface area contributed by atoms with Gasteiger partial charge in [-0.1, -0.05) is 18.2 Å². The Balaban J connectivity index is 1.63. The van der Waals surface area contributed by atoms with Crippen LogP contribution in [0.3, 0.4) is 0 Å². The van der Waals surface area contributed by atoms with Crippen LogP contribution in [0.1, 0.15) is 42.6 Å². The first-order valence-corrected chi connectivity index (χ1v) is 11.5. The first kappa shape index (κ1) is 24.2. The van der Waals surface area contributed by atoms with Crippen LogP contribution in [0.5, 0.6) is 0 Å². The summed E-state index contributed by atoms with van der Waals surface area (Å²) in [6, 6.07) is 8.15. The lowest BCUT2D eigenvalue weighted by molar-refractivity contribution is -0.0698. The highest BCUT2D eigenvalue weighted by Crippen LogP contribution is 2.32. The van der Waals surface area contributed by atoms with Gasteiger partial charge in [0.15, 0.2) is 5.82 Å². The van der Waals surface area contributed by atoms with E-state index in [0.29, 0.717) is 11.4 Å². The first-order valence-electron chi connectivity index (χ1n) is 11.5. The Morgan fingerprint density at radius 1 is 1.24 bits per heavy atom. The van der Waals surface area contributed by atoms with Crippen molar-refractivity contribution in [2.75, 3.05) is 44.1 Å². The fourth-order valence-corrected chi connectivity index (χ4v) is 4.38. The van der Waals surface area contributed by atoms with Crippen LogP contribution in [0.2, 0.25) is 0 Å². The van der Waals surface area contributed by atoms with E-state index in [1.807, 2.05) is 26.1 Å². The summed E-state index contributed by atoms with van der Waals surface area (Å²) in [5.41, 5.74) is 3.12. The maximum atomic E-state index is 14.4. The number of methoxy groups -OCH3 is 2. The topological polar surface area (TPSA) is 72.4 Å². The van der Waals surface area contributed by atoms with Crippen molar-refractivity contribution >= 4 is 22.4 Å². The van der Waals surface area contributed by atoms with Crippen molar-refractivity contribution in [1.29, 1.82) is 0 Å². The molecule has 0 saturated carbocycles. The van der Waals surface area contributed by atoms with E-state index < -0.39 is 12.5 Å². The number of pyridine rings is 1. The molecular weight excluding hydrogens is 440 g/mol. The van der Waals surface area contributed by atoms with Gasteiger partial charge in [0.05, 0.1) is 35.2 Å². The van der Waals surface area contributed by atoms with Gasteiger partial charge in [-0.25, -0.2) is 0 Å². The van der Waals surface area contributed by atoms with E-state index in [9.17, 15) is 8.78 Å². The second-order valence-electron chi connectivity index (χ2n) is 8.80. The molecule has 0 unspecified atom stereocenters. The monoisotopic (exact) mass is 471 g/mol. The zero-order valence-corrected chi connectivity index (χ0v) is 20.0. The Morgan fingerprint density at radius 3 is 2.82 bits per heavy atom. The van der Waals surface area contributed by atoms with E-state index in [-0.39, 0.29) is 17.7 Å². The quantitative estimate of drug-likeness (QED) is 0.503. The molecule has 1 aliphatic heterocycles. The number of nitrogens with zero attached hydrogens (tertiary/aromatic N) is 4. The minimum absolute atomic E-state index is 0.0814. The predicted octanol–water partition coefficient (Wildman–Crippen LogP) is 4.86. The highest BCUT2D eigenvalue weighted by molar-refractivity contribution is 5.92. The molecule has 182 valence electrons. The molecular formula is C25H31F2N5O2. The molecule has 0 aliphatic carbocycles. The number of anilines is 2. The lowest BCUT2D eigenvalue weighted by Crippen LogP contribution is -2.39. The normalized spacial score (nSPS) is 17.7. The van der Waals surface area contributed by atoms with Gasteiger partial charge in [-0.15, -0.1) is 5.10 Å². The second-order valence-corrected chi connectivity index (χ2v) is 8.80. The zero-order valence-electron chi connectivity index (χ0n) is 20.0. The van der Waals surface area contributed by atoms with E-state index in [0.717, 1.165) is 48.2 Å². The summed E-state index contributed by atoms with van der Waals surface area (Å²) >= 11 is 0. The van der Waals surface area contributed by atoms with Crippen LogP contribution < -0.4 is 10.2 Å². The third kappa shape index (κ3) is 5.10. The number of rotatable bonds is 8. The Bertz CT molecular complexity index is 1140. The molecule has 9 heteroatoms. The van der Waals surface area contributed by atoms with Crippen LogP contribution in [0, 0.1) is 6.92 Å². The third-order valence-corrected chi connectivity index (χ3v) is 6.34. The highest BCUT2D eigenvalue weighted by Gasteiger charge is 2.32. The standard InChI is InChI=1S/C25H31F2N5O2/c1-16(18-7-5-8-19(11-18)25(26,27)15-33-3)29-24-22-12-20(13-28-23(22)17(2)30-31-24)32-10-6-9-21(14-32)34-4/h5,7-8,11-13,16,21H,6,9-10,14-15H2,1-4H3,(H,29,31)/t16-,21+/m1/s1. The van der Waals surface area contributed by atoms with Gasteiger partial charge in [-0.2, -0.15) is 13.9 Å². The molecule has 34 heavy (non-hydrogen) atoms. The van der Waals surface area contributed by atoms with Gasteiger partial charge in [0.25, 0.3) is 5.92 Å². The lowest BCUT2D eigenvalue weighted by atomic mass is 10.0. The Hall–Kier alpha value is -2.91. The van der Waals surface area contributed by atoms with E-state index in [4.69, 9.17) is 4.74 Å².